The summed E-state index contributed by atoms with van der Waals surface area (Å²) in [4.78, 5) is 14.8. The summed E-state index contributed by atoms with van der Waals surface area (Å²) in [7, 11) is -3.58. The van der Waals surface area contributed by atoms with Crippen LogP contribution in [-0.2, 0) is 21.4 Å². The van der Waals surface area contributed by atoms with Gasteiger partial charge in [0.2, 0.25) is 15.9 Å². The van der Waals surface area contributed by atoms with Crippen molar-refractivity contribution in [3.05, 3.63) is 46.2 Å². The number of carbonyl (C=O) groups is 1. The molecule has 29 heavy (non-hydrogen) atoms. The van der Waals surface area contributed by atoms with Gasteiger partial charge in [-0.3, -0.25) is 9.48 Å². The first-order valence-electron chi connectivity index (χ1n) is 9.66. The van der Waals surface area contributed by atoms with E-state index >= 15 is 0 Å². The fraction of sp³-hybridized carbons (Fsp3) is 0.500. The lowest BCUT2D eigenvalue weighted by Crippen LogP contribution is -2.52. The molecule has 0 aliphatic carbocycles. The van der Waals surface area contributed by atoms with Gasteiger partial charge in [0.15, 0.2) is 0 Å². The minimum Gasteiger partial charge on any atom is -0.340 e. The van der Waals surface area contributed by atoms with Gasteiger partial charge in [0.25, 0.3) is 0 Å². The Kier molecular flexibility index (Phi) is 6.36. The Morgan fingerprint density at radius 2 is 1.69 bits per heavy atom. The van der Waals surface area contributed by atoms with Gasteiger partial charge in [-0.05, 0) is 50.6 Å². The van der Waals surface area contributed by atoms with Crippen LogP contribution in [0.5, 0.6) is 0 Å². The third kappa shape index (κ3) is 4.49. The Bertz CT molecular complexity index is 993. The number of piperazine rings is 1. The highest BCUT2D eigenvalue weighted by molar-refractivity contribution is 7.89. The zero-order valence-electron chi connectivity index (χ0n) is 17.2. The van der Waals surface area contributed by atoms with Gasteiger partial charge in [-0.1, -0.05) is 18.5 Å². The van der Waals surface area contributed by atoms with Crippen molar-refractivity contribution in [3.63, 3.8) is 0 Å². The first-order chi connectivity index (χ1) is 13.6. The number of nitrogens with zero attached hydrogens (tertiary/aromatic N) is 4. The lowest BCUT2D eigenvalue weighted by Gasteiger charge is -2.35. The predicted octanol–water partition coefficient (Wildman–Crippen LogP) is 2.63. The molecule has 1 atom stereocenters. The molecule has 0 spiro atoms. The van der Waals surface area contributed by atoms with E-state index < -0.39 is 10.0 Å². The number of rotatable bonds is 5. The van der Waals surface area contributed by atoms with Gasteiger partial charge in [0, 0.05) is 36.9 Å². The molecule has 0 saturated carbocycles. The minimum absolute atomic E-state index is 0.0266. The minimum atomic E-state index is -3.58. The molecule has 1 aliphatic rings. The monoisotopic (exact) mass is 438 g/mol. The summed E-state index contributed by atoms with van der Waals surface area (Å²) in [6.45, 7) is 9.73. The molecule has 158 valence electrons. The van der Waals surface area contributed by atoms with Crippen molar-refractivity contribution in [1.82, 2.24) is 19.0 Å². The molecule has 1 fully saturated rings. The maximum atomic E-state index is 12.9. The van der Waals surface area contributed by atoms with E-state index in [-0.39, 0.29) is 29.8 Å². The molecule has 9 heteroatoms. The molecule has 0 radical (unpaired) electrons. The Hall–Kier alpha value is -1.90. The van der Waals surface area contributed by atoms with E-state index in [2.05, 4.69) is 5.10 Å². The summed E-state index contributed by atoms with van der Waals surface area (Å²) in [5.41, 5.74) is 3.19. The van der Waals surface area contributed by atoms with Gasteiger partial charge in [-0.2, -0.15) is 9.40 Å². The Morgan fingerprint density at radius 3 is 2.21 bits per heavy atom. The number of carbonyl (C=O) groups excluding carboxylic acids is 1. The number of benzene rings is 1. The average Bonchev–Trinajstić information content (AvgIpc) is 2.94. The van der Waals surface area contributed by atoms with Crippen LogP contribution in [0.1, 0.15) is 23.9 Å². The van der Waals surface area contributed by atoms with Gasteiger partial charge >= 0.3 is 0 Å². The largest absolute Gasteiger partial charge is 0.340 e. The van der Waals surface area contributed by atoms with Gasteiger partial charge in [-0.15, -0.1) is 0 Å². The number of aryl methyl sites for hydroxylation is 1. The van der Waals surface area contributed by atoms with E-state index in [1.54, 1.807) is 17.0 Å². The molecule has 1 aliphatic heterocycles. The SMILES string of the molecule is Cc1nn(C[C@@H](C)C(=O)N2CCN(S(=O)(=O)c3ccc(Cl)cc3)CC2)c(C)c1C. The molecule has 1 aromatic carbocycles. The highest BCUT2D eigenvalue weighted by Crippen LogP contribution is 2.21. The van der Waals surface area contributed by atoms with Crippen molar-refractivity contribution < 1.29 is 13.2 Å². The van der Waals surface area contributed by atoms with E-state index in [1.807, 2.05) is 32.4 Å². The van der Waals surface area contributed by atoms with Gasteiger partial charge in [0.05, 0.1) is 23.1 Å². The Morgan fingerprint density at radius 1 is 1.10 bits per heavy atom. The second-order valence-electron chi connectivity index (χ2n) is 7.56. The van der Waals surface area contributed by atoms with E-state index in [4.69, 9.17) is 11.6 Å². The van der Waals surface area contributed by atoms with Gasteiger partial charge in [0.1, 0.15) is 0 Å². The third-order valence-electron chi connectivity index (χ3n) is 5.61. The molecule has 0 bridgehead atoms. The van der Waals surface area contributed by atoms with Crippen molar-refractivity contribution in [2.24, 2.45) is 5.92 Å². The molecule has 1 saturated heterocycles. The van der Waals surface area contributed by atoms with Crippen molar-refractivity contribution in [3.8, 4) is 0 Å². The molecule has 3 rings (SSSR count). The van der Waals surface area contributed by atoms with Crippen LogP contribution in [0.15, 0.2) is 29.2 Å². The van der Waals surface area contributed by atoms with Gasteiger partial charge in [-0.25, -0.2) is 8.42 Å². The second kappa shape index (κ2) is 8.45. The lowest BCUT2D eigenvalue weighted by molar-refractivity contribution is -0.136. The summed E-state index contributed by atoms with van der Waals surface area (Å²) in [5.74, 6) is -0.203. The second-order valence-corrected chi connectivity index (χ2v) is 9.94. The van der Waals surface area contributed by atoms with Gasteiger partial charge < -0.3 is 4.90 Å². The Labute approximate surface area is 177 Å². The summed E-state index contributed by atoms with van der Waals surface area (Å²) in [6.07, 6.45) is 0. The molecule has 1 aromatic heterocycles. The molecule has 2 heterocycles. The van der Waals surface area contributed by atoms with E-state index in [0.29, 0.717) is 24.7 Å². The van der Waals surface area contributed by atoms with Crippen molar-refractivity contribution in [2.75, 3.05) is 26.2 Å². The van der Waals surface area contributed by atoms with Crippen molar-refractivity contribution in [2.45, 2.75) is 39.1 Å². The summed E-state index contributed by atoms with van der Waals surface area (Å²) < 4.78 is 28.9. The van der Waals surface area contributed by atoms with Crippen LogP contribution in [0.4, 0.5) is 0 Å². The standard InChI is InChI=1S/C20H27ClN4O3S/c1-14(13-25-17(4)15(2)16(3)22-25)20(26)23-9-11-24(12-10-23)29(27,28)19-7-5-18(21)6-8-19/h5-8,14H,9-13H2,1-4H3/t14-/m1/s1. The van der Waals surface area contributed by atoms with Crippen LogP contribution in [0.2, 0.25) is 5.02 Å². The number of hydrogen-bond donors (Lipinski definition) is 0. The van der Waals surface area contributed by atoms with Crippen LogP contribution < -0.4 is 0 Å². The van der Waals surface area contributed by atoms with E-state index in [9.17, 15) is 13.2 Å². The summed E-state index contributed by atoms with van der Waals surface area (Å²) >= 11 is 5.85. The van der Waals surface area contributed by atoms with Crippen LogP contribution in [0.3, 0.4) is 0 Å². The first kappa shape index (κ1) is 21.8. The zero-order chi connectivity index (χ0) is 21.3. The van der Waals surface area contributed by atoms with Crippen molar-refractivity contribution >= 4 is 27.5 Å². The molecule has 2 aromatic rings. The quantitative estimate of drug-likeness (QED) is 0.719. The first-order valence-corrected chi connectivity index (χ1v) is 11.5. The molecule has 7 nitrogen and oxygen atoms in total. The molecule has 0 N–H and O–H groups in total. The number of amides is 1. The van der Waals surface area contributed by atoms with Crippen LogP contribution >= 0.6 is 11.6 Å². The highest BCUT2D eigenvalue weighted by Gasteiger charge is 2.31. The number of sulfonamides is 1. The van der Waals surface area contributed by atoms with Crippen LogP contribution in [0.25, 0.3) is 0 Å². The van der Waals surface area contributed by atoms with E-state index in [1.165, 1.54) is 16.4 Å². The fourth-order valence-electron chi connectivity index (χ4n) is 3.52. The zero-order valence-corrected chi connectivity index (χ0v) is 18.8. The Balaban J connectivity index is 1.61. The molecule has 1 amide bonds. The van der Waals surface area contributed by atoms with E-state index in [0.717, 1.165) is 17.0 Å². The topological polar surface area (TPSA) is 75.5 Å². The fourth-order valence-corrected chi connectivity index (χ4v) is 5.07. The maximum Gasteiger partial charge on any atom is 0.243 e. The smallest absolute Gasteiger partial charge is 0.243 e. The summed E-state index contributed by atoms with van der Waals surface area (Å²) in [5, 5.41) is 5.00. The average molecular weight is 439 g/mol. The predicted molar refractivity (Wildman–Crippen MR) is 112 cm³/mol. The molecular weight excluding hydrogens is 412 g/mol. The number of hydrogen-bond acceptors (Lipinski definition) is 4. The van der Waals surface area contributed by atoms with Crippen molar-refractivity contribution in [1.29, 1.82) is 0 Å². The molecular formula is C20H27ClN4O3S. The summed E-state index contributed by atoms with van der Waals surface area (Å²) in [6, 6.07) is 6.15. The van der Waals surface area contributed by atoms with Crippen LogP contribution in [0, 0.1) is 26.7 Å². The number of halogens is 1. The maximum absolute atomic E-state index is 12.9. The third-order valence-corrected chi connectivity index (χ3v) is 7.78. The van der Waals surface area contributed by atoms with Crippen LogP contribution in [-0.4, -0.2) is 59.5 Å². The number of aromatic nitrogens is 2. The lowest BCUT2D eigenvalue weighted by atomic mass is 10.1. The normalized spacial score (nSPS) is 16.8. The highest BCUT2D eigenvalue weighted by atomic mass is 35.5. The molecule has 0 unspecified atom stereocenters.